The Morgan fingerprint density at radius 3 is 2.76 bits per heavy atom. The van der Waals surface area contributed by atoms with Crippen LogP contribution in [0, 0.1) is 0 Å². The zero-order valence-corrected chi connectivity index (χ0v) is 13.6. The summed E-state index contributed by atoms with van der Waals surface area (Å²) in [7, 11) is 0. The van der Waals surface area contributed by atoms with Gasteiger partial charge in [-0.05, 0) is 47.9 Å². The predicted octanol–water partition coefficient (Wildman–Crippen LogP) is 5.63. The van der Waals surface area contributed by atoms with Crippen molar-refractivity contribution in [3.63, 3.8) is 0 Å². The van der Waals surface area contributed by atoms with Gasteiger partial charge in [0.15, 0.2) is 11.5 Å². The lowest BCUT2D eigenvalue weighted by Crippen LogP contribution is -2.16. The molecule has 128 valence electrons. The number of benzene rings is 1. The molecule has 0 bridgehead atoms. The fourth-order valence-electron chi connectivity index (χ4n) is 2.98. The fourth-order valence-corrected chi connectivity index (χ4v) is 3.16. The molecule has 3 nitrogen and oxygen atoms in total. The van der Waals surface area contributed by atoms with Crippen LogP contribution >= 0.6 is 11.6 Å². The van der Waals surface area contributed by atoms with Gasteiger partial charge in [-0.3, -0.25) is 4.68 Å². The third-order valence-electron chi connectivity index (χ3n) is 4.15. The Hall–Kier alpha value is -2.47. The van der Waals surface area contributed by atoms with Gasteiger partial charge in [0.2, 0.25) is 0 Å². The van der Waals surface area contributed by atoms with Crippen molar-refractivity contribution in [1.82, 2.24) is 9.78 Å². The van der Waals surface area contributed by atoms with Gasteiger partial charge >= 0.3 is 6.18 Å². The number of fused-ring (bicyclic) bond motifs is 1. The molecule has 0 fully saturated rings. The van der Waals surface area contributed by atoms with Crippen molar-refractivity contribution in [2.75, 3.05) is 0 Å². The number of aromatic nitrogens is 2. The SMILES string of the molecule is FC(F)(F)c1cc(-c2ccco2)n(C2C=Cc3cc(Cl)ccc3C2)n1. The molecule has 0 spiro atoms. The second-order valence-electron chi connectivity index (χ2n) is 5.81. The average molecular weight is 365 g/mol. The predicted molar refractivity (Wildman–Crippen MR) is 88.2 cm³/mol. The van der Waals surface area contributed by atoms with Crippen molar-refractivity contribution in [3.8, 4) is 11.5 Å². The van der Waals surface area contributed by atoms with E-state index in [4.69, 9.17) is 16.0 Å². The monoisotopic (exact) mass is 364 g/mol. The van der Waals surface area contributed by atoms with Crippen LogP contribution in [-0.4, -0.2) is 9.78 Å². The maximum absolute atomic E-state index is 13.1. The zero-order chi connectivity index (χ0) is 17.6. The van der Waals surface area contributed by atoms with Gasteiger partial charge in [0.1, 0.15) is 5.69 Å². The van der Waals surface area contributed by atoms with E-state index in [1.54, 1.807) is 18.2 Å². The molecular formula is C18H12ClF3N2O. The lowest BCUT2D eigenvalue weighted by atomic mass is 9.94. The van der Waals surface area contributed by atoms with Gasteiger partial charge in [-0.1, -0.05) is 29.8 Å². The Kier molecular flexibility index (Phi) is 3.72. The number of furan rings is 1. The highest BCUT2D eigenvalue weighted by molar-refractivity contribution is 6.30. The molecule has 4 rings (SSSR count). The van der Waals surface area contributed by atoms with Crippen molar-refractivity contribution in [2.45, 2.75) is 18.6 Å². The molecular weight excluding hydrogens is 353 g/mol. The van der Waals surface area contributed by atoms with Crippen molar-refractivity contribution in [2.24, 2.45) is 0 Å². The maximum atomic E-state index is 13.1. The molecule has 0 saturated heterocycles. The van der Waals surface area contributed by atoms with Crippen LogP contribution in [-0.2, 0) is 12.6 Å². The number of allylic oxidation sites excluding steroid dienone is 1. The van der Waals surface area contributed by atoms with Gasteiger partial charge in [-0.25, -0.2) is 0 Å². The molecule has 0 radical (unpaired) electrons. The van der Waals surface area contributed by atoms with E-state index in [-0.39, 0.29) is 6.04 Å². The summed E-state index contributed by atoms with van der Waals surface area (Å²) in [5, 5.41) is 4.43. The highest BCUT2D eigenvalue weighted by atomic mass is 35.5. The van der Waals surface area contributed by atoms with Gasteiger partial charge in [0, 0.05) is 5.02 Å². The first-order valence-electron chi connectivity index (χ1n) is 7.59. The van der Waals surface area contributed by atoms with Crippen LogP contribution in [0.3, 0.4) is 0 Å². The molecule has 1 aromatic carbocycles. The Bertz CT molecular complexity index is 942. The molecule has 1 aliphatic rings. The number of hydrogen-bond acceptors (Lipinski definition) is 2. The van der Waals surface area contributed by atoms with Crippen LogP contribution in [0.5, 0.6) is 0 Å². The Morgan fingerprint density at radius 1 is 1.20 bits per heavy atom. The van der Waals surface area contributed by atoms with E-state index in [0.29, 0.717) is 22.9 Å². The third kappa shape index (κ3) is 2.98. The average Bonchev–Trinajstić information content (AvgIpc) is 3.23. The smallest absolute Gasteiger partial charge is 0.435 e. The van der Waals surface area contributed by atoms with Crippen LogP contribution in [0.2, 0.25) is 5.02 Å². The van der Waals surface area contributed by atoms with E-state index in [1.165, 1.54) is 10.9 Å². The second kappa shape index (κ2) is 5.81. The fraction of sp³-hybridized carbons (Fsp3) is 0.167. The summed E-state index contributed by atoms with van der Waals surface area (Å²) in [6, 6.07) is 9.42. The Morgan fingerprint density at radius 2 is 2.04 bits per heavy atom. The van der Waals surface area contributed by atoms with Crippen molar-refractivity contribution < 1.29 is 17.6 Å². The van der Waals surface area contributed by atoms with E-state index in [1.807, 2.05) is 24.3 Å². The standard InChI is InChI=1S/C18H12ClF3N2O/c19-13-5-3-12-9-14(6-4-11(12)8-13)24-15(16-2-1-7-25-16)10-17(23-24)18(20,21)22/h1-8,10,14H,9H2. The highest BCUT2D eigenvalue weighted by Crippen LogP contribution is 2.36. The quantitative estimate of drug-likeness (QED) is 0.590. The minimum Gasteiger partial charge on any atom is -0.463 e. The molecule has 25 heavy (non-hydrogen) atoms. The summed E-state index contributed by atoms with van der Waals surface area (Å²) in [6.45, 7) is 0. The minimum atomic E-state index is -4.52. The molecule has 1 atom stereocenters. The van der Waals surface area contributed by atoms with E-state index >= 15 is 0 Å². The first-order chi connectivity index (χ1) is 11.9. The van der Waals surface area contributed by atoms with Gasteiger partial charge in [0.05, 0.1) is 12.3 Å². The molecule has 1 unspecified atom stereocenters. The summed E-state index contributed by atoms with van der Waals surface area (Å²) in [4.78, 5) is 0. The molecule has 0 amide bonds. The molecule has 7 heteroatoms. The number of alkyl halides is 3. The van der Waals surface area contributed by atoms with E-state index in [2.05, 4.69) is 5.10 Å². The summed E-state index contributed by atoms with van der Waals surface area (Å²) in [6.07, 6.45) is 1.12. The molecule has 2 heterocycles. The van der Waals surface area contributed by atoms with Crippen LogP contribution in [0.15, 0.2) is 53.2 Å². The van der Waals surface area contributed by atoms with Gasteiger partial charge < -0.3 is 4.42 Å². The lowest BCUT2D eigenvalue weighted by Gasteiger charge is -2.21. The van der Waals surface area contributed by atoms with Crippen molar-refractivity contribution in [1.29, 1.82) is 0 Å². The van der Waals surface area contributed by atoms with Gasteiger partial charge in [0.25, 0.3) is 0 Å². The number of rotatable bonds is 2. The normalized spacial score (nSPS) is 16.9. The number of nitrogens with zero attached hydrogens (tertiary/aromatic N) is 2. The molecule has 2 aromatic heterocycles. The zero-order valence-electron chi connectivity index (χ0n) is 12.8. The third-order valence-corrected chi connectivity index (χ3v) is 4.38. The molecule has 1 aliphatic carbocycles. The molecule has 3 aromatic rings. The first kappa shape index (κ1) is 16.0. The Labute approximate surface area is 146 Å². The highest BCUT2D eigenvalue weighted by Gasteiger charge is 2.36. The maximum Gasteiger partial charge on any atom is 0.435 e. The summed E-state index contributed by atoms with van der Waals surface area (Å²) in [5.41, 5.74) is 1.33. The van der Waals surface area contributed by atoms with Crippen LogP contribution < -0.4 is 0 Å². The van der Waals surface area contributed by atoms with Gasteiger partial charge in [-0.15, -0.1) is 0 Å². The van der Waals surface area contributed by atoms with Crippen LogP contribution in [0.4, 0.5) is 13.2 Å². The van der Waals surface area contributed by atoms with Crippen LogP contribution in [0.1, 0.15) is 22.9 Å². The Balaban J connectivity index is 1.78. The first-order valence-corrected chi connectivity index (χ1v) is 7.97. The van der Waals surface area contributed by atoms with Crippen LogP contribution in [0.25, 0.3) is 17.5 Å². The molecule has 0 saturated carbocycles. The minimum absolute atomic E-state index is 0.296. The van der Waals surface area contributed by atoms with Crippen molar-refractivity contribution in [3.05, 3.63) is 70.6 Å². The van der Waals surface area contributed by atoms with E-state index in [9.17, 15) is 13.2 Å². The summed E-state index contributed by atoms with van der Waals surface area (Å²) >= 11 is 5.99. The topological polar surface area (TPSA) is 31.0 Å². The van der Waals surface area contributed by atoms with E-state index < -0.39 is 11.9 Å². The number of hydrogen-bond donors (Lipinski definition) is 0. The second-order valence-corrected chi connectivity index (χ2v) is 6.24. The largest absolute Gasteiger partial charge is 0.463 e. The molecule has 0 N–H and O–H groups in total. The molecule has 0 aliphatic heterocycles. The van der Waals surface area contributed by atoms with Gasteiger partial charge in [-0.2, -0.15) is 18.3 Å². The number of halogens is 4. The summed E-state index contributed by atoms with van der Waals surface area (Å²) < 4.78 is 46.1. The van der Waals surface area contributed by atoms with E-state index in [0.717, 1.165) is 17.2 Å². The van der Waals surface area contributed by atoms with Crippen molar-refractivity contribution >= 4 is 17.7 Å². The summed E-state index contributed by atoms with van der Waals surface area (Å²) in [5.74, 6) is 0.346. The lowest BCUT2D eigenvalue weighted by molar-refractivity contribution is -0.141.